The molecule has 0 spiro atoms. The molecule has 0 aliphatic rings. The molecule has 3 aromatic rings. The maximum Gasteiger partial charge on any atom is 0.153 e. The number of pyridine rings is 1. The van der Waals surface area contributed by atoms with Crippen molar-refractivity contribution >= 4 is 33.8 Å². The van der Waals surface area contributed by atoms with Crippen LogP contribution in [0.2, 0.25) is 5.02 Å². The third kappa shape index (κ3) is 5.18. The number of carbonyl (C=O) groups is 1. The van der Waals surface area contributed by atoms with Crippen LogP contribution in [0.5, 0.6) is 11.5 Å². The standard InChI is InChI=1S/C23H18BrClN2O3/c1-14-3-19(15(2)20(24)4-14)13-30-23-7-22(18(11-28)6-21(23)25)29-12-17-5-16(8-26)9-27-10-17/h3-7,9-11H,12-13H2,1-2H3. The lowest BCUT2D eigenvalue weighted by Crippen LogP contribution is -2.03. The van der Waals surface area contributed by atoms with Crippen molar-refractivity contribution < 1.29 is 14.3 Å². The second-order valence-corrected chi connectivity index (χ2v) is 8.00. The lowest BCUT2D eigenvalue weighted by molar-refractivity contribution is 0.111. The maximum atomic E-state index is 11.5. The molecule has 5 nitrogen and oxygen atoms in total. The van der Waals surface area contributed by atoms with E-state index < -0.39 is 0 Å². The van der Waals surface area contributed by atoms with Crippen molar-refractivity contribution in [2.75, 3.05) is 0 Å². The van der Waals surface area contributed by atoms with Crippen LogP contribution in [-0.4, -0.2) is 11.3 Å². The molecule has 0 aliphatic carbocycles. The molecule has 7 heteroatoms. The number of nitriles is 1. The summed E-state index contributed by atoms with van der Waals surface area (Å²) >= 11 is 9.87. The van der Waals surface area contributed by atoms with Gasteiger partial charge in [-0.2, -0.15) is 5.26 Å². The van der Waals surface area contributed by atoms with Crippen LogP contribution in [0.25, 0.3) is 0 Å². The van der Waals surface area contributed by atoms with Gasteiger partial charge in [0.25, 0.3) is 0 Å². The molecule has 152 valence electrons. The average molecular weight is 486 g/mol. The zero-order chi connectivity index (χ0) is 21.7. The average Bonchev–Trinajstić information content (AvgIpc) is 2.74. The number of nitrogens with zero attached hydrogens (tertiary/aromatic N) is 2. The van der Waals surface area contributed by atoms with Crippen molar-refractivity contribution in [3.8, 4) is 17.6 Å². The van der Waals surface area contributed by atoms with Crippen molar-refractivity contribution in [1.29, 1.82) is 5.26 Å². The van der Waals surface area contributed by atoms with E-state index in [-0.39, 0.29) is 6.61 Å². The van der Waals surface area contributed by atoms with Gasteiger partial charge in [-0.1, -0.05) is 33.6 Å². The van der Waals surface area contributed by atoms with Crippen LogP contribution in [0.4, 0.5) is 0 Å². The molecule has 30 heavy (non-hydrogen) atoms. The first-order valence-corrected chi connectivity index (χ1v) is 10.2. The Morgan fingerprint density at radius 1 is 1.10 bits per heavy atom. The number of aldehydes is 1. The van der Waals surface area contributed by atoms with E-state index >= 15 is 0 Å². The van der Waals surface area contributed by atoms with Crippen LogP contribution in [0, 0.1) is 25.2 Å². The molecule has 0 N–H and O–H groups in total. The minimum atomic E-state index is 0.147. The van der Waals surface area contributed by atoms with E-state index in [2.05, 4.69) is 27.0 Å². The molecule has 1 aromatic heterocycles. The Bertz CT molecular complexity index is 1140. The minimum absolute atomic E-state index is 0.147. The predicted molar refractivity (Wildman–Crippen MR) is 118 cm³/mol. The van der Waals surface area contributed by atoms with Gasteiger partial charge in [0.15, 0.2) is 6.29 Å². The molecule has 0 saturated carbocycles. The quantitative estimate of drug-likeness (QED) is 0.386. The predicted octanol–water partition coefficient (Wildman–Crippen LogP) is 5.96. The number of hydrogen-bond donors (Lipinski definition) is 0. The second-order valence-electron chi connectivity index (χ2n) is 6.74. The first kappa shape index (κ1) is 21.8. The summed E-state index contributed by atoms with van der Waals surface area (Å²) in [4.78, 5) is 15.5. The van der Waals surface area contributed by atoms with Crippen LogP contribution in [0.3, 0.4) is 0 Å². The highest BCUT2D eigenvalue weighted by Crippen LogP contribution is 2.34. The highest BCUT2D eigenvalue weighted by atomic mass is 79.9. The van der Waals surface area contributed by atoms with Crippen LogP contribution in [0.1, 0.15) is 38.2 Å². The molecule has 0 aliphatic heterocycles. The molecule has 0 amide bonds. The molecule has 0 atom stereocenters. The first-order chi connectivity index (χ1) is 14.4. The molecule has 0 unspecified atom stereocenters. The number of aryl methyl sites for hydroxylation is 1. The van der Waals surface area contributed by atoms with E-state index in [0.717, 1.165) is 21.2 Å². The summed E-state index contributed by atoms with van der Waals surface area (Å²) in [5.74, 6) is 0.757. The van der Waals surface area contributed by atoms with E-state index in [1.807, 2.05) is 26.0 Å². The summed E-state index contributed by atoms with van der Waals surface area (Å²) in [6, 6.07) is 10.9. The summed E-state index contributed by atoms with van der Waals surface area (Å²) < 4.78 is 12.7. The van der Waals surface area contributed by atoms with Crippen LogP contribution in [-0.2, 0) is 13.2 Å². The molecule has 0 bridgehead atoms. The number of halogens is 2. The Labute approximate surface area is 188 Å². The summed E-state index contributed by atoms with van der Waals surface area (Å²) in [6.45, 7) is 4.49. The number of aromatic nitrogens is 1. The SMILES string of the molecule is Cc1cc(Br)c(C)c(COc2cc(OCc3cncc(C#N)c3)c(C=O)cc2Cl)c1. The second kappa shape index (κ2) is 9.75. The molecule has 0 saturated heterocycles. The van der Waals surface area contributed by atoms with Gasteiger partial charge in [-0.3, -0.25) is 9.78 Å². The summed E-state index contributed by atoms with van der Waals surface area (Å²) in [5, 5.41) is 9.31. The Kier molecular flexibility index (Phi) is 7.09. The van der Waals surface area contributed by atoms with E-state index in [9.17, 15) is 4.79 Å². The van der Waals surface area contributed by atoms with Gasteiger partial charge in [-0.25, -0.2) is 0 Å². The largest absolute Gasteiger partial charge is 0.488 e. The molecule has 0 radical (unpaired) electrons. The van der Waals surface area contributed by atoms with Gasteiger partial charge in [-0.05, 0) is 48.7 Å². The van der Waals surface area contributed by atoms with E-state index in [1.165, 1.54) is 12.3 Å². The van der Waals surface area contributed by atoms with Gasteiger partial charge in [0.2, 0.25) is 0 Å². The molecule has 3 rings (SSSR count). The monoisotopic (exact) mass is 484 g/mol. The van der Waals surface area contributed by atoms with Crippen LogP contribution >= 0.6 is 27.5 Å². The molecule has 1 heterocycles. The molecular weight excluding hydrogens is 468 g/mol. The van der Waals surface area contributed by atoms with E-state index in [1.54, 1.807) is 18.3 Å². The summed E-state index contributed by atoms with van der Waals surface area (Å²) in [7, 11) is 0. The fraction of sp³-hybridized carbons (Fsp3) is 0.174. The summed E-state index contributed by atoms with van der Waals surface area (Å²) in [6.07, 6.45) is 3.75. The number of rotatable bonds is 7. The van der Waals surface area contributed by atoms with Crippen molar-refractivity contribution in [2.45, 2.75) is 27.1 Å². The van der Waals surface area contributed by atoms with Gasteiger partial charge >= 0.3 is 0 Å². The van der Waals surface area contributed by atoms with Crippen LogP contribution < -0.4 is 9.47 Å². The molecule has 0 fully saturated rings. The number of carbonyl (C=O) groups excluding carboxylic acids is 1. The third-order valence-electron chi connectivity index (χ3n) is 4.49. The number of benzene rings is 2. The molecular formula is C23H18BrClN2O3. The highest BCUT2D eigenvalue weighted by Gasteiger charge is 2.13. The Morgan fingerprint density at radius 2 is 1.87 bits per heavy atom. The maximum absolute atomic E-state index is 11.5. The van der Waals surface area contributed by atoms with E-state index in [4.69, 9.17) is 26.3 Å². The van der Waals surface area contributed by atoms with Crippen molar-refractivity contribution in [1.82, 2.24) is 4.98 Å². The third-order valence-corrected chi connectivity index (χ3v) is 5.61. The van der Waals surface area contributed by atoms with Crippen molar-refractivity contribution in [2.24, 2.45) is 0 Å². The van der Waals surface area contributed by atoms with Gasteiger partial charge in [0.05, 0.1) is 16.1 Å². The van der Waals surface area contributed by atoms with Crippen molar-refractivity contribution in [3.05, 3.63) is 85.6 Å². The lowest BCUT2D eigenvalue weighted by Gasteiger charge is -2.15. The first-order valence-electron chi connectivity index (χ1n) is 9.05. The fourth-order valence-electron chi connectivity index (χ4n) is 2.86. The van der Waals surface area contributed by atoms with Gasteiger partial charge in [0.1, 0.15) is 30.8 Å². The smallest absolute Gasteiger partial charge is 0.153 e. The summed E-state index contributed by atoms with van der Waals surface area (Å²) in [5.41, 5.74) is 4.69. The number of ether oxygens (including phenoxy) is 2. The van der Waals surface area contributed by atoms with Crippen molar-refractivity contribution in [3.63, 3.8) is 0 Å². The highest BCUT2D eigenvalue weighted by molar-refractivity contribution is 9.10. The Balaban J connectivity index is 1.81. The Hall–Kier alpha value is -2.88. The lowest BCUT2D eigenvalue weighted by atomic mass is 10.1. The van der Waals surface area contributed by atoms with Gasteiger partial charge in [0, 0.05) is 28.5 Å². The normalized spacial score (nSPS) is 10.4. The van der Waals surface area contributed by atoms with Gasteiger partial charge in [-0.15, -0.1) is 0 Å². The zero-order valence-electron chi connectivity index (χ0n) is 16.4. The number of hydrogen-bond acceptors (Lipinski definition) is 5. The van der Waals surface area contributed by atoms with E-state index in [0.29, 0.717) is 46.1 Å². The zero-order valence-corrected chi connectivity index (χ0v) is 18.8. The Morgan fingerprint density at radius 3 is 2.60 bits per heavy atom. The van der Waals surface area contributed by atoms with Crippen LogP contribution in [0.15, 0.2) is 47.2 Å². The van der Waals surface area contributed by atoms with Gasteiger partial charge < -0.3 is 9.47 Å². The topological polar surface area (TPSA) is 72.2 Å². The fourth-order valence-corrected chi connectivity index (χ4v) is 3.70. The molecule has 2 aromatic carbocycles. The minimum Gasteiger partial charge on any atom is -0.488 e.